The third kappa shape index (κ3) is 2.14. The van der Waals surface area contributed by atoms with E-state index in [2.05, 4.69) is 4.90 Å². The molecule has 1 fully saturated rings. The third-order valence-corrected chi connectivity index (χ3v) is 3.13. The van der Waals surface area contributed by atoms with E-state index in [4.69, 9.17) is 9.15 Å². The largest absolute Gasteiger partial charge is 0.508 e. The maximum atomic E-state index is 9.50. The maximum absolute atomic E-state index is 9.50. The van der Waals surface area contributed by atoms with Gasteiger partial charge in [0.05, 0.1) is 19.5 Å². The molecular formula is C13H15NO3. The van der Waals surface area contributed by atoms with E-state index < -0.39 is 0 Å². The average molecular weight is 233 g/mol. The predicted molar refractivity (Wildman–Crippen MR) is 64.0 cm³/mol. The topological polar surface area (TPSA) is 45.8 Å². The first-order valence-electron chi connectivity index (χ1n) is 5.82. The van der Waals surface area contributed by atoms with Crippen molar-refractivity contribution in [2.45, 2.75) is 6.54 Å². The molecule has 3 rings (SSSR count). The Bertz CT molecular complexity index is 514. The summed E-state index contributed by atoms with van der Waals surface area (Å²) in [4.78, 5) is 2.33. The van der Waals surface area contributed by atoms with E-state index in [0.29, 0.717) is 0 Å². The van der Waals surface area contributed by atoms with Gasteiger partial charge in [-0.05, 0) is 18.2 Å². The van der Waals surface area contributed by atoms with E-state index in [1.54, 1.807) is 24.5 Å². The molecule has 0 spiro atoms. The van der Waals surface area contributed by atoms with Crippen molar-refractivity contribution in [3.63, 3.8) is 0 Å². The van der Waals surface area contributed by atoms with Crippen LogP contribution in [0, 0.1) is 0 Å². The highest BCUT2D eigenvalue weighted by molar-refractivity contribution is 5.82. The SMILES string of the molecule is Oc1ccc2occ(CN3CCOCC3)c2c1. The Balaban J connectivity index is 1.86. The molecule has 2 aromatic rings. The number of furan rings is 1. The number of phenolic OH excluding ortho intramolecular Hbond substituents is 1. The molecule has 1 aromatic heterocycles. The summed E-state index contributed by atoms with van der Waals surface area (Å²) in [6.45, 7) is 4.33. The van der Waals surface area contributed by atoms with Crippen molar-refractivity contribution in [3.8, 4) is 5.75 Å². The molecule has 1 saturated heterocycles. The standard InChI is InChI=1S/C13H15NO3/c15-11-1-2-13-12(7-11)10(9-17-13)8-14-3-5-16-6-4-14/h1-2,7,9,15H,3-6,8H2. The zero-order chi connectivity index (χ0) is 11.7. The Kier molecular flexibility index (Phi) is 2.74. The van der Waals surface area contributed by atoms with Crippen LogP contribution in [0.2, 0.25) is 0 Å². The van der Waals surface area contributed by atoms with E-state index in [1.807, 2.05) is 0 Å². The molecule has 1 aliphatic heterocycles. The van der Waals surface area contributed by atoms with Crippen molar-refractivity contribution in [1.29, 1.82) is 0 Å². The van der Waals surface area contributed by atoms with E-state index in [-0.39, 0.29) is 5.75 Å². The minimum Gasteiger partial charge on any atom is -0.508 e. The summed E-state index contributed by atoms with van der Waals surface area (Å²) < 4.78 is 10.8. The van der Waals surface area contributed by atoms with Crippen LogP contribution in [0.25, 0.3) is 11.0 Å². The smallest absolute Gasteiger partial charge is 0.134 e. The van der Waals surface area contributed by atoms with Gasteiger partial charge in [0.1, 0.15) is 11.3 Å². The van der Waals surface area contributed by atoms with Gasteiger partial charge in [0.15, 0.2) is 0 Å². The Morgan fingerprint density at radius 2 is 2.06 bits per heavy atom. The minimum atomic E-state index is 0.280. The average Bonchev–Trinajstić information content (AvgIpc) is 2.73. The number of fused-ring (bicyclic) bond motifs is 1. The summed E-state index contributed by atoms with van der Waals surface area (Å²) in [5.74, 6) is 0.280. The van der Waals surface area contributed by atoms with E-state index >= 15 is 0 Å². The van der Waals surface area contributed by atoms with Crippen LogP contribution in [0.5, 0.6) is 5.75 Å². The van der Waals surface area contributed by atoms with Gasteiger partial charge >= 0.3 is 0 Å². The van der Waals surface area contributed by atoms with Crippen molar-refractivity contribution in [1.82, 2.24) is 4.90 Å². The van der Waals surface area contributed by atoms with Gasteiger partial charge in [0, 0.05) is 30.6 Å². The number of ether oxygens (including phenoxy) is 1. The Morgan fingerprint density at radius 1 is 1.24 bits per heavy atom. The fraction of sp³-hybridized carbons (Fsp3) is 0.385. The molecule has 0 atom stereocenters. The fourth-order valence-corrected chi connectivity index (χ4v) is 2.19. The van der Waals surface area contributed by atoms with Gasteiger partial charge in [0.2, 0.25) is 0 Å². The normalized spacial score (nSPS) is 17.6. The van der Waals surface area contributed by atoms with Crippen molar-refractivity contribution < 1.29 is 14.3 Å². The van der Waals surface area contributed by atoms with E-state index in [9.17, 15) is 5.11 Å². The summed E-state index contributed by atoms with van der Waals surface area (Å²) in [5, 5.41) is 10.5. The molecule has 1 aliphatic rings. The molecule has 1 aromatic carbocycles. The Labute approximate surface area is 99.4 Å². The highest BCUT2D eigenvalue weighted by Crippen LogP contribution is 2.26. The highest BCUT2D eigenvalue weighted by atomic mass is 16.5. The van der Waals surface area contributed by atoms with Crippen LogP contribution < -0.4 is 0 Å². The van der Waals surface area contributed by atoms with Crippen LogP contribution in [-0.2, 0) is 11.3 Å². The molecule has 4 nitrogen and oxygen atoms in total. The first-order valence-corrected chi connectivity index (χ1v) is 5.82. The van der Waals surface area contributed by atoms with Gasteiger partial charge in [-0.25, -0.2) is 0 Å². The summed E-state index contributed by atoms with van der Waals surface area (Å²) in [6, 6.07) is 5.20. The van der Waals surface area contributed by atoms with Crippen LogP contribution in [0.4, 0.5) is 0 Å². The molecule has 2 heterocycles. The van der Waals surface area contributed by atoms with E-state index in [0.717, 1.165) is 49.4 Å². The van der Waals surface area contributed by atoms with Gasteiger partial charge in [0.25, 0.3) is 0 Å². The third-order valence-electron chi connectivity index (χ3n) is 3.13. The first-order chi connectivity index (χ1) is 8.33. The van der Waals surface area contributed by atoms with Crippen molar-refractivity contribution in [2.75, 3.05) is 26.3 Å². The number of hydrogen-bond acceptors (Lipinski definition) is 4. The minimum absolute atomic E-state index is 0.280. The first kappa shape index (κ1) is 10.6. The molecule has 0 unspecified atom stereocenters. The van der Waals surface area contributed by atoms with Gasteiger partial charge in [-0.1, -0.05) is 0 Å². The molecule has 1 N–H and O–H groups in total. The lowest BCUT2D eigenvalue weighted by Gasteiger charge is -2.26. The number of hydrogen-bond donors (Lipinski definition) is 1. The van der Waals surface area contributed by atoms with Crippen LogP contribution in [0.1, 0.15) is 5.56 Å². The fourth-order valence-electron chi connectivity index (χ4n) is 2.19. The monoisotopic (exact) mass is 233 g/mol. The molecule has 90 valence electrons. The molecule has 0 aliphatic carbocycles. The van der Waals surface area contributed by atoms with Crippen molar-refractivity contribution in [2.24, 2.45) is 0 Å². The van der Waals surface area contributed by atoms with Crippen molar-refractivity contribution >= 4 is 11.0 Å². The summed E-state index contributed by atoms with van der Waals surface area (Å²) >= 11 is 0. The lowest BCUT2D eigenvalue weighted by atomic mass is 10.1. The Hall–Kier alpha value is -1.52. The highest BCUT2D eigenvalue weighted by Gasteiger charge is 2.14. The van der Waals surface area contributed by atoms with Gasteiger partial charge in [-0.3, -0.25) is 4.90 Å². The maximum Gasteiger partial charge on any atom is 0.134 e. The summed E-state index contributed by atoms with van der Waals surface area (Å²) in [6.07, 6.45) is 1.78. The van der Waals surface area contributed by atoms with Crippen LogP contribution >= 0.6 is 0 Å². The van der Waals surface area contributed by atoms with Gasteiger partial charge in [-0.15, -0.1) is 0 Å². The number of aromatic hydroxyl groups is 1. The van der Waals surface area contributed by atoms with Crippen LogP contribution in [0.3, 0.4) is 0 Å². The lowest BCUT2D eigenvalue weighted by molar-refractivity contribution is 0.0342. The molecule has 0 saturated carbocycles. The zero-order valence-corrected chi connectivity index (χ0v) is 9.56. The number of rotatable bonds is 2. The quantitative estimate of drug-likeness (QED) is 0.861. The molecular weight excluding hydrogens is 218 g/mol. The van der Waals surface area contributed by atoms with Gasteiger partial charge < -0.3 is 14.3 Å². The Morgan fingerprint density at radius 3 is 2.88 bits per heavy atom. The van der Waals surface area contributed by atoms with E-state index in [1.165, 1.54) is 0 Å². The predicted octanol–water partition coefficient (Wildman–Crippen LogP) is 1.97. The molecule has 17 heavy (non-hydrogen) atoms. The number of phenols is 1. The van der Waals surface area contributed by atoms with Gasteiger partial charge in [-0.2, -0.15) is 0 Å². The second-order valence-corrected chi connectivity index (χ2v) is 4.33. The van der Waals surface area contributed by atoms with Crippen LogP contribution in [-0.4, -0.2) is 36.3 Å². The second kappa shape index (κ2) is 4.39. The number of morpholine rings is 1. The zero-order valence-electron chi connectivity index (χ0n) is 9.56. The molecule has 0 bridgehead atoms. The van der Waals surface area contributed by atoms with Crippen molar-refractivity contribution in [3.05, 3.63) is 30.0 Å². The second-order valence-electron chi connectivity index (χ2n) is 4.33. The molecule has 0 radical (unpaired) electrons. The number of benzene rings is 1. The molecule has 4 heteroatoms. The van der Waals surface area contributed by atoms with Crippen LogP contribution in [0.15, 0.2) is 28.9 Å². The molecule has 0 amide bonds. The summed E-state index contributed by atoms with van der Waals surface area (Å²) in [7, 11) is 0. The lowest BCUT2D eigenvalue weighted by Crippen LogP contribution is -2.35. The summed E-state index contributed by atoms with van der Waals surface area (Å²) in [5.41, 5.74) is 1.95. The number of nitrogens with zero attached hydrogens (tertiary/aromatic N) is 1.